The Morgan fingerprint density at radius 1 is 1.08 bits per heavy atom. The number of benzene rings is 2. The summed E-state index contributed by atoms with van der Waals surface area (Å²) in [5.41, 5.74) is 6.69. The molecule has 2 nitrogen and oxygen atoms in total. The van der Waals surface area contributed by atoms with Crippen molar-refractivity contribution in [3.05, 3.63) is 69.2 Å². The minimum absolute atomic E-state index is 0.305. The molecule has 3 heteroatoms. The Kier molecular flexibility index (Phi) is 4.47. The van der Waals surface area contributed by atoms with Gasteiger partial charge in [-0.25, -0.2) is 0 Å². The van der Waals surface area contributed by atoms with Crippen LogP contribution < -0.4 is 10.1 Å². The fourth-order valence-electron chi connectivity index (χ4n) is 3.59. The average Bonchev–Trinajstić information content (AvgIpc) is 3.09. The van der Waals surface area contributed by atoms with E-state index >= 15 is 0 Å². The first-order chi connectivity index (χ1) is 11.7. The molecule has 2 aliphatic rings. The van der Waals surface area contributed by atoms with Crippen molar-refractivity contribution in [1.82, 2.24) is 5.32 Å². The van der Waals surface area contributed by atoms with Crippen LogP contribution in [0.5, 0.6) is 5.75 Å². The monoisotopic (exact) mass is 383 g/mol. The van der Waals surface area contributed by atoms with Gasteiger partial charge in [-0.1, -0.05) is 51.8 Å². The summed E-state index contributed by atoms with van der Waals surface area (Å²) in [6.45, 7) is 4.16. The normalized spacial score (nSPS) is 20.2. The SMILES string of the molecule is Cc1ccc2c(c1)C(c1ccc(O[C@H]3CCNC3)cc1)=C(Br)CC2. The van der Waals surface area contributed by atoms with E-state index in [1.165, 1.54) is 32.3 Å². The average molecular weight is 384 g/mol. The Morgan fingerprint density at radius 3 is 2.67 bits per heavy atom. The molecule has 0 unspecified atom stereocenters. The lowest BCUT2D eigenvalue weighted by Crippen LogP contribution is -2.19. The third kappa shape index (κ3) is 3.15. The first kappa shape index (κ1) is 15.9. The van der Waals surface area contributed by atoms with Crippen LogP contribution in [-0.4, -0.2) is 19.2 Å². The fourth-order valence-corrected chi connectivity index (χ4v) is 4.23. The van der Waals surface area contributed by atoms with Crippen molar-refractivity contribution in [3.8, 4) is 5.75 Å². The Morgan fingerprint density at radius 2 is 1.92 bits per heavy atom. The van der Waals surface area contributed by atoms with Crippen molar-refractivity contribution in [3.63, 3.8) is 0 Å². The third-order valence-corrected chi connectivity index (χ3v) is 5.67. The molecule has 1 N–H and O–H groups in total. The smallest absolute Gasteiger partial charge is 0.119 e. The van der Waals surface area contributed by atoms with E-state index in [9.17, 15) is 0 Å². The molecule has 0 radical (unpaired) electrons. The lowest BCUT2D eigenvalue weighted by atomic mass is 9.86. The number of halogens is 1. The zero-order chi connectivity index (χ0) is 16.5. The van der Waals surface area contributed by atoms with Crippen LogP contribution >= 0.6 is 15.9 Å². The van der Waals surface area contributed by atoms with Crippen LogP contribution in [0.4, 0.5) is 0 Å². The summed E-state index contributed by atoms with van der Waals surface area (Å²) >= 11 is 3.82. The van der Waals surface area contributed by atoms with Crippen molar-refractivity contribution in [2.24, 2.45) is 0 Å². The molecule has 2 aromatic carbocycles. The summed E-state index contributed by atoms with van der Waals surface area (Å²) in [6, 6.07) is 15.4. The minimum Gasteiger partial charge on any atom is -0.489 e. The van der Waals surface area contributed by atoms with E-state index in [-0.39, 0.29) is 0 Å². The lowest BCUT2D eigenvalue weighted by molar-refractivity contribution is 0.223. The van der Waals surface area contributed by atoms with Gasteiger partial charge in [0.05, 0.1) is 0 Å². The molecule has 0 aromatic heterocycles. The number of ether oxygens (including phenoxy) is 1. The predicted molar refractivity (Wildman–Crippen MR) is 103 cm³/mol. The molecule has 124 valence electrons. The van der Waals surface area contributed by atoms with Crippen LogP contribution in [0, 0.1) is 6.92 Å². The topological polar surface area (TPSA) is 21.3 Å². The zero-order valence-electron chi connectivity index (χ0n) is 13.9. The summed E-state index contributed by atoms with van der Waals surface area (Å²) in [4.78, 5) is 0. The highest BCUT2D eigenvalue weighted by molar-refractivity contribution is 9.11. The molecule has 4 rings (SSSR count). The van der Waals surface area contributed by atoms with Crippen molar-refractivity contribution in [2.45, 2.75) is 32.3 Å². The molecule has 0 saturated carbocycles. The lowest BCUT2D eigenvalue weighted by Gasteiger charge is -2.22. The van der Waals surface area contributed by atoms with Gasteiger partial charge in [0.2, 0.25) is 0 Å². The van der Waals surface area contributed by atoms with E-state index < -0.39 is 0 Å². The van der Waals surface area contributed by atoms with E-state index in [1.54, 1.807) is 0 Å². The number of hydrogen-bond donors (Lipinski definition) is 1. The zero-order valence-corrected chi connectivity index (χ0v) is 15.5. The fraction of sp³-hybridized carbons (Fsp3) is 0.333. The maximum absolute atomic E-state index is 6.04. The number of rotatable bonds is 3. The largest absolute Gasteiger partial charge is 0.489 e. The van der Waals surface area contributed by atoms with Crippen molar-refractivity contribution in [2.75, 3.05) is 13.1 Å². The van der Waals surface area contributed by atoms with Crippen LogP contribution in [0.15, 0.2) is 46.9 Å². The van der Waals surface area contributed by atoms with Crippen LogP contribution in [0.1, 0.15) is 35.1 Å². The van der Waals surface area contributed by atoms with Crippen molar-refractivity contribution in [1.29, 1.82) is 0 Å². The highest BCUT2D eigenvalue weighted by Gasteiger charge is 2.20. The Bertz CT molecular complexity index is 773. The molecule has 1 aliphatic heterocycles. The molecule has 1 atom stereocenters. The van der Waals surface area contributed by atoms with Gasteiger partial charge >= 0.3 is 0 Å². The first-order valence-electron chi connectivity index (χ1n) is 8.67. The number of hydrogen-bond acceptors (Lipinski definition) is 2. The molecule has 1 heterocycles. The molecular formula is C21H22BrNO. The van der Waals surface area contributed by atoms with Gasteiger partial charge in [-0.2, -0.15) is 0 Å². The number of fused-ring (bicyclic) bond motifs is 1. The summed E-state index contributed by atoms with van der Waals surface area (Å²) in [5, 5.41) is 3.34. The molecule has 0 spiro atoms. The second kappa shape index (κ2) is 6.73. The summed E-state index contributed by atoms with van der Waals surface area (Å²) in [5.74, 6) is 0.962. The maximum Gasteiger partial charge on any atom is 0.119 e. The first-order valence-corrected chi connectivity index (χ1v) is 9.46. The second-order valence-corrected chi connectivity index (χ2v) is 7.65. The van der Waals surface area contributed by atoms with Gasteiger partial charge in [0.1, 0.15) is 11.9 Å². The van der Waals surface area contributed by atoms with Crippen molar-refractivity contribution >= 4 is 21.5 Å². The van der Waals surface area contributed by atoms with Crippen LogP contribution in [0.3, 0.4) is 0 Å². The highest BCUT2D eigenvalue weighted by Crippen LogP contribution is 2.39. The predicted octanol–water partition coefficient (Wildman–Crippen LogP) is 4.84. The van der Waals surface area contributed by atoms with Crippen LogP contribution in [0.2, 0.25) is 0 Å². The molecule has 1 saturated heterocycles. The Hall–Kier alpha value is -1.58. The van der Waals surface area contributed by atoms with Crippen LogP contribution in [0.25, 0.3) is 5.57 Å². The van der Waals surface area contributed by atoms with Gasteiger partial charge in [-0.05, 0) is 67.1 Å². The Labute approximate surface area is 152 Å². The standard InChI is InChI=1S/C21H22BrNO/c1-14-2-3-15-6-9-20(22)21(19(15)12-14)16-4-7-17(8-5-16)24-18-10-11-23-13-18/h2-5,7-8,12,18,23H,6,9-11,13H2,1H3/t18-/m0/s1. The van der Waals surface area contributed by atoms with E-state index in [0.717, 1.165) is 38.1 Å². The van der Waals surface area contributed by atoms with Gasteiger partial charge < -0.3 is 10.1 Å². The molecule has 24 heavy (non-hydrogen) atoms. The van der Waals surface area contributed by atoms with E-state index in [1.807, 2.05) is 0 Å². The molecule has 1 aliphatic carbocycles. The van der Waals surface area contributed by atoms with Gasteiger partial charge in [-0.3, -0.25) is 0 Å². The van der Waals surface area contributed by atoms with E-state index in [4.69, 9.17) is 4.74 Å². The van der Waals surface area contributed by atoms with Gasteiger partial charge in [-0.15, -0.1) is 0 Å². The minimum atomic E-state index is 0.305. The quantitative estimate of drug-likeness (QED) is 0.818. The van der Waals surface area contributed by atoms with E-state index in [2.05, 4.69) is 70.6 Å². The summed E-state index contributed by atoms with van der Waals surface area (Å²) in [7, 11) is 0. The molecule has 2 aromatic rings. The molecule has 0 amide bonds. The number of aryl methyl sites for hydroxylation is 2. The molecular weight excluding hydrogens is 362 g/mol. The molecule has 0 bridgehead atoms. The third-order valence-electron chi connectivity index (χ3n) is 4.88. The van der Waals surface area contributed by atoms with Gasteiger partial charge in [0.25, 0.3) is 0 Å². The van der Waals surface area contributed by atoms with E-state index in [0.29, 0.717) is 6.10 Å². The van der Waals surface area contributed by atoms with Crippen LogP contribution in [-0.2, 0) is 6.42 Å². The maximum atomic E-state index is 6.04. The highest BCUT2D eigenvalue weighted by atomic mass is 79.9. The molecule has 1 fully saturated rings. The summed E-state index contributed by atoms with van der Waals surface area (Å²) < 4.78 is 7.34. The summed E-state index contributed by atoms with van der Waals surface area (Å²) in [6.07, 6.45) is 3.57. The number of allylic oxidation sites excluding steroid dienone is 1. The Balaban J connectivity index is 1.64. The van der Waals surface area contributed by atoms with Gasteiger partial charge in [0.15, 0.2) is 0 Å². The van der Waals surface area contributed by atoms with Gasteiger partial charge in [0, 0.05) is 11.0 Å². The second-order valence-electron chi connectivity index (χ2n) is 6.70. The number of nitrogens with one attached hydrogen (secondary N) is 1. The van der Waals surface area contributed by atoms with Crippen molar-refractivity contribution < 1.29 is 4.74 Å².